The molecule has 0 radical (unpaired) electrons. The van der Waals surface area contributed by atoms with E-state index in [4.69, 9.17) is 4.55 Å². The van der Waals surface area contributed by atoms with Crippen molar-refractivity contribution in [1.82, 2.24) is 0 Å². The molecule has 0 aromatic heterocycles. The summed E-state index contributed by atoms with van der Waals surface area (Å²) >= 11 is 0. The second-order valence-corrected chi connectivity index (χ2v) is 8.54. The van der Waals surface area contributed by atoms with Crippen molar-refractivity contribution >= 4 is 10.1 Å². The minimum atomic E-state index is -3.81. The fraction of sp³-hybridized carbons (Fsp3) is 0.667. The fourth-order valence-corrected chi connectivity index (χ4v) is 4.31. The van der Waals surface area contributed by atoms with Gasteiger partial charge in [0.05, 0.1) is 5.75 Å². The lowest BCUT2D eigenvalue weighted by Gasteiger charge is -2.38. The molecule has 2 rings (SSSR count). The van der Waals surface area contributed by atoms with Gasteiger partial charge in [-0.25, -0.2) is 0 Å². The predicted molar refractivity (Wildman–Crippen MR) is 90.7 cm³/mol. The fourth-order valence-electron chi connectivity index (χ4n) is 3.74. The summed E-state index contributed by atoms with van der Waals surface area (Å²) in [6, 6.07) is 8.79. The van der Waals surface area contributed by atoms with Gasteiger partial charge in [0, 0.05) is 0 Å². The van der Waals surface area contributed by atoms with Crippen LogP contribution < -0.4 is 0 Å². The van der Waals surface area contributed by atoms with E-state index in [-0.39, 0.29) is 5.75 Å². The van der Waals surface area contributed by atoms with E-state index in [1.54, 1.807) is 0 Å². The highest BCUT2D eigenvalue weighted by atomic mass is 32.2. The first-order valence-electron chi connectivity index (χ1n) is 8.39. The highest BCUT2D eigenvalue weighted by molar-refractivity contribution is 7.85. The van der Waals surface area contributed by atoms with Crippen LogP contribution in [-0.4, -0.2) is 18.7 Å². The maximum absolute atomic E-state index is 10.8. The van der Waals surface area contributed by atoms with Crippen LogP contribution in [0.4, 0.5) is 0 Å². The van der Waals surface area contributed by atoms with Gasteiger partial charge in [0.2, 0.25) is 0 Å². The van der Waals surface area contributed by atoms with Gasteiger partial charge in [-0.15, -0.1) is 0 Å². The zero-order valence-corrected chi connectivity index (χ0v) is 14.4. The van der Waals surface area contributed by atoms with Gasteiger partial charge < -0.3 is 0 Å². The molecule has 0 bridgehead atoms. The molecule has 1 aromatic carbocycles. The minimum absolute atomic E-state index is 0.104. The molecule has 0 aliphatic heterocycles. The molecule has 1 aliphatic carbocycles. The molecule has 1 aromatic rings. The molecule has 1 aliphatic rings. The maximum atomic E-state index is 10.8. The van der Waals surface area contributed by atoms with Gasteiger partial charge in [-0.05, 0) is 50.0 Å². The van der Waals surface area contributed by atoms with Crippen LogP contribution in [0.5, 0.6) is 0 Å². The molecule has 3 nitrogen and oxygen atoms in total. The largest absolute Gasteiger partial charge is 0.286 e. The SMILES string of the molecule is Cc1ccc(CC2(CCCCS(=O)(=O)O)CCCCC2)cc1. The Morgan fingerprint density at radius 1 is 1.05 bits per heavy atom. The zero-order chi connectivity index (χ0) is 16.1. The normalized spacial score (nSPS) is 18.3. The van der Waals surface area contributed by atoms with Crippen molar-refractivity contribution in [3.63, 3.8) is 0 Å². The van der Waals surface area contributed by atoms with Gasteiger partial charge >= 0.3 is 0 Å². The second kappa shape index (κ2) is 7.60. The third-order valence-electron chi connectivity index (χ3n) is 4.97. The molecule has 0 amide bonds. The summed E-state index contributed by atoms with van der Waals surface area (Å²) in [7, 11) is -3.81. The molecule has 0 unspecified atom stereocenters. The van der Waals surface area contributed by atoms with Crippen molar-refractivity contribution in [2.75, 3.05) is 5.75 Å². The molecule has 0 heterocycles. The number of unbranched alkanes of at least 4 members (excludes halogenated alkanes) is 1. The summed E-state index contributed by atoms with van der Waals surface area (Å²) in [4.78, 5) is 0. The summed E-state index contributed by atoms with van der Waals surface area (Å²) in [5, 5.41) is 0. The monoisotopic (exact) mass is 324 g/mol. The van der Waals surface area contributed by atoms with Crippen LogP contribution in [0.15, 0.2) is 24.3 Å². The van der Waals surface area contributed by atoms with Gasteiger partial charge in [0.25, 0.3) is 10.1 Å². The maximum Gasteiger partial charge on any atom is 0.264 e. The van der Waals surface area contributed by atoms with Gasteiger partial charge in [0.1, 0.15) is 0 Å². The van der Waals surface area contributed by atoms with E-state index < -0.39 is 10.1 Å². The number of rotatable bonds is 7. The standard InChI is InChI=1S/C18H28O3S/c1-16-7-9-17(10-8-16)15-18(11-3-2-4-12-18)13-5-6-14-22(19,20)21/h7-10H,2-6,11-15H2,1H3,(H,19,20,21). The molecule has 1 saturated carbocycles. The summed E-state index contributed by atoms with van der Waals surface area (Å²) in [5.41, 5.74) is 3.00. The predicted octanol–water partition coefficient (Wildman–Crippen LogP) is 4.55. The first-order valence-corrected chi connectivity index (χ1v) is 10.0. The van der Waals surface area contributed by atoms with Crippen LogP contribution in [0.1, 0.15) is 62.5 Å². The smallest absolute Gasteiger partial charge is 0.264 e. The number of benzene rings is 1. The van der Waals surface area contributed by atoms with Crippen LogP contribution in [0.2, 0.25) is 0 Å². The molecule has 22 heavy (non-hydrogen) atoms. The second-order valence-electron chi connectivity index (χ2n) is 6.97. The zero-order valence-electron chi connectivity index (χ0n) is 13.6. The van der Waals surface area contributed by atoms with Crippen molar-refractivity contribution < 1.29 is 13.0 Å². The van der Waals surface area contributed by atoms with Crippen LogP contribution in [0, 0.1) is 12.3 Å². The lowest BCUT2D eigenvalue weighted by Crippen LogP contribution is -2.27. The van der Waals surface area contributed by atoms with Crippen LogP contribution in [-0.2, 0) is 16.5 Å². The molecule has 0 saturated heterocycles. The molecular weight excluding hydrogens is 296 g/mol. The Morgan fingerprint density at radius 3 is 2.27 bits per heavy atom. The molecule has 1 N–H and O–H groups in total. The van der Waals surface area contributed by atoms with E-state index >= 15 is 0 Å². The average Bonchev–Trinajstić information content (AvgIpc) is 2.46. The Bertz CT molecular complexity index is 554. The number of aryl methyl sites for hydroxylation is 1. The highest BCUT2D eigenvalue weighted by Crippen LogP contribution is 2.43. The Labute approximate surface area is 134 Å². The van der Waals surface area contributed by atoms with Crippen molar-refractivity contribution in [2.45, 2.75) is 64.7 Å². The van der Waals surface area contributed by atoms with E-state index in [1.165, 1.54) is 43.2 Å². The van der Waals surface area contributed by atoms with E-state index in [0.717, 1.165) is 19.3 Å². The van der Waals surface area contributed by atoms with Crippen molar-refractivity contribution in [3.8, 4) is 0 Å². The van der Waals surface area contributed by atoms with Crippen LogP contribution >= 0.6 is 0 Å². The van der Waals surface area contributed by atoms with Gasteiger partial charge in [-0.2, -0.15) is 8.42 Å². The topological polar surface area (TPSA) is 54.4 Å². The first-order chi connectivity index (χ1) is 10.4. The molecule has 124 valence electrons. The van der Waals surface area contributed by atoms with E-state index in [9.17, 15) is 8.42 Å². The van der Waals surface area contributed by atoms with E-state index in [2.05, 4.69) is 31.2 Å². The average molecular weight is 324 g/mol. The Hall–Kier alpha value is -0.870. The third kappa shape index (κ3) is 5.73. The number of hydrogen-bond acceptors (Lipinski definition) is 2. The first kappa shape index (κ1) is 17.5. The van der Waals surface area contributed by atoms with Crippen LogP contribution in [0.25, 0.3) is 0 Å². The lowest BCUT2D eigenvalue weighted by molar-refractivity contribution is 0.166. The van der Waals surface area contributed by atoms with Crippen molar-refractivity contribution in [2.24, 2.45) is 5.41 Å². The summed E-state index contributed by atoms with van der Waals surface area (Å²) in [5.74, 6) is -0.104. The Morgan fingerprint density at radius 2 is 1.68 bits per heavy atom. The quantitative estimate of drug-likeness (QED) is 0.591. The highest BCUT2D eigenvalue weighted by Gasteiger charge is 2.31. The van der Waals surface area contributed by atoms with Gasteiger partial charge in [0.15, 0.2) is 0 Å². The summed E-state index contributed by atoms with van der Waals surface area (Å²) in [6.07, 6.45) is 9.98. The van der Waals surface area contributed by atoms with Crippen molar-refractivity contribution in [3.05, 3.63) is 35.4 Å². The molecule has 1 fully saturated rings. The molecular formula is C18H28O3S. The van der Waals surface area contributed by atoms with Crippen molar-refractivity contribution in [1.29, 1.82) is 0 Å². The molecule has 4 heteroatoms. The van der Waals surface area contributed by atoms with Gasteiger partial charge in [-0.1, -0.05) is 55.5 Å². The molecule has 0 atom stereocenters. The Balaban J connectivity index is 1.96. The third-order valence-corrected chi connectivity index (χ3v) is 5.78. The summed E-state index contributed by atoms with van der Waals surface area (Å²) < 4.78 is 30.5. The minimum Gasteiger partial charge on any atom is -0.286 e. The van der Waals surface area contributed by atoms with E-state index in [0.29, 0.717) is 11.8 Å². The van der Waals surface area contributed by atoms with E-state index in [1.807, 2.05) is 0 Å². The summed E-state index contributed by atoms with van der Waals surface area (Å²) in [6.45, 7) is 2.11. The number of hydrogen-bond donors (Lipinski definition) is 1. The van der Waals surface area contributed by atoms with Gasteiger partial charge in [-0.3, -0.25) is 4.55 Å². The van der Waals surface area contributed by atoms with Crippen LogP contribution in [0.3, 0.4) is 0 Å². The lowest BCUT2D eigenvalue weighted by atomic mass is 9.67. The molecule has 0 spiro atoms. The Kier molecular flexibility index (Phi) is 6.04.